The van der Waals surface area contributed by atoms with E-state index >= 15 is 0 Å². The SMILES string of the molecule is CC/C=C\C/C=C\C/C=C\C/C=C\C/C=C\C/C=C\CCCCCCCOCC(COP(=O)(O)OCC(N)C(=O)O)OC(=O)CC/C=C\C/C=C\C/C=C\C/C=C\C/C=C\C/C=C\CC. The predicted octanol–water partition coefficient (Wildman–Crippen LogP) is 14.0. The lowest BCUT2D eigenvalue weighted by Gasteiger charge is -2.20. The van der Waals surface area contributed by atoms with Crippen molar-refractivity contribution in [3.05, 3.63) is 146 Å². The number of allylic oxidation sites excluding steroid dienone is 24. The number of phosphoric acid groups is 1. The molecule has 0 fully saturated rings. The van der Waals surface area contributed by atoms with Gasteiger partial charge in [-0.05, 0) is 103 Å². The van der Waals surface area contributed by atoms with Crippen molar-refractivity contribution in [1.82, 2.24) is 0 Å². The molecule has 0 aromatic carbocycles. The lowest BCUT2D eigenvalue weighted by Crippen LogP contribution is -2.34. The van der Waals surface area contributed by atoms with Crippen LogP contribution in [0.1, 0.15) is 142 Å². The molecule has 0 saturated carbocycles. The Hall–Kier alpha value is -4.15. The molecular formula is C54H84NO9P. The highest BCUT2D eigenvalue weighted by Gasteiger charge is 2.27. The van der Waals surface area contributed by atoms with E-state index in [1.807, 2.05) is 12.2 Å². The van der Waals surface area contributed by atoms with Crippen LogP contribution in [0.5, 0.6) is 0 Å². The Morgan fingerprint density at radius 3 is 1.26 bits per heavy atom. The number of hydrogen-bond donors (Lipinski definition) is 3. The molecule has 0 aliphatic heterocycles. The van der Waals surface area contributed by atoms with Crippen molar-refractivity contribution in [2.45, 2.75) is 154 Å². The van der Waals surface area contributed by atoms with Crippen molar-refractivity contribution in [2.75, 3.05) is 26.4 Å². The van der Waals surface area contributed by atoms with E-state index in [0.717, 1.165) is 116 Å². The largest absolute Gasteiger partial charge is 0.480 e. The van der Waals surface area contributed by atoms with Crippen LogP contribution in [0.15, 0.2) is 146 Å². The summed E-state index contributed by atoms with van der Waals surface area (Å²) in [5, 5.41) is 8.92. The fraction of sp³-hybridized carbons (Fsp3) is 0.519. The summed E-state index contributed by atoms with van der Waals surface area (Å²) < 4.78 is 33.3. The van der Waals surface area contributed by atoms with Crippen LogP contribution in [0.4, 0.5) is 0 Å². The fourth-order valence-electron chi connectivity index (χ4n) is 5.51. The molecule has 0 aromatic rings. The molecule has 0 saturated heterocycles. The van der Waals surface area contributed by atoms with Crippen LogP contribution in [0, 0.1) is 0 Å². The summed E-state index contributed by atoms with van der Waals surface area (Å²) in [4.78, 5) is 33.6. The summed E-state index contributed by atoms with van der Waals surface area (Å²) in [7, 11) is -4.66. The molecule has 0 bridgehead atoms. The zero-order valence-electron chi connectivity index (χ0n) is 39.8. The number of hydrogen-bond acceptors (Lipinski definition) is 8. The van der Waals surface area contributed by atoms with Crippen molar-refractivity contribution >= 4 is 19.8 Å². The van der Waals surface area contributed by atoms with Crippen molar-refractivity contribution in [1.29, 1.82) is 0 Å². The van der Waals surface area contributed by atoms with Crippen LogP contribution in [-0.4, -0.2) is 60.5 Å². The molecule has 0 spiro atoms. The molecule has 4 N–H and O–H groups in total. The summed E-state index contributed by atoms with van der Waals surface area (Å²) in [6, 6.07) is -1.50. The standard InChI is InChI=1S/C54H84NO9P/c1-3-5-7-9-11-13-15-17-19-21-23-24-25-26-27-29-31-33-35-37-39-41-43-45-47-61-48-51(49-62-65(59,60)63-50-52(55)54(57)58)64-53(56)46-44-42-40-38-36-34-32-30-28-22-20-18-16-14-12-10-8-6-4-2/h5-8,11-14,17-20,23-24,26-28,30-31,33-34,36,40,42,51-52H,3-4,9-10,15-16,21-22,25,29,32,35,37-39,41,43-50,55H2,1-2H3,(H,57,58)(H,59,60)/b7-5-,8-6-,13-11-,14-12-,19-17-,20-18-,24-23-,27-26-,30-28-,33-31-,36-34-,42-40-. The number of esters is 1. The van der Waals surface area contributed by atoms with Crippen molar-refractivity contribution in [3.63, 3.8) is 0 Å². The van der Waals surface area contributed by atoms with Crippen LogP contribution in [0.2, 0.25) is 0 Å². The number of rotatable bonds is 43. The van der Waals surface area contributed by atoms with Crippen molar-refractivity contribution in [3.8, 4) is 0 Å². The molecule has 0 rings (SSSR count). The maximum Gasteiger partial charge on any atom is 0.472 e. The van der Waals surface area contributed by atoms with Crippen LogP contribution in [0.25, 0.3) is 0 Å². The Labute approximate surface area is 393 Å². The number of phosphoric ester groups is 1. The van der Waals surface area contributed by atoms with E-state index < -0.39 is 45.1 Å². The molecule has 3 unspecified atom stereocenters. The Bertz CT molecular complexity index is 1580. The zero-order chi connectivity index (χ0) is 47.6. The van der Waals surface area contributed by atoms with Gasteiger partial charge in [0.2, 0.25) is 0 Å². The van der Waals surface area contributed by atoms with Crippen LogP contribution >= 0.6 is 7.82 Å². The minimum atomic E-state index is -4.66. The molecular weight excluding hydrogens is 838 g/mol. The lowest BCUT2D eigenvalue weighted by molar-refractivity contribution is -0.154. The maximum atomic E-state index is 12.6. The molecule has 364 valence electrons. The first-order valence-electron chi connectivity index (χ1n) is 23.9. The summed E-state index contributed by atoms with van der Waals surface area (Å²) in [6.45, 7) is 3.47. The van der Waals surface area contributed by atoms with Gasteiger partial charge in [-0.2, -0.15) is 0 Å². The number of carboxylic acid groups (broad SMARTS) is 1. The summed E-state index contributed by atoms with van der Waals surface area (Å²) in [6.07, 6.45) is 69.2. The number of carboxylic acids is 1. The summed E-state index contributed by atoms with van der Waals surface area (Å²) in [5.41, 5.74) is 5.36. The van der Waals surface area contributed by atoms with Gasteiger partial charge in [0.15, 0.2) is 0 Å². The molecule has 0 aliphatic rings. The topological polar surface area (TPSA) is 155 Å². The van der Waals surface area contributed by atoms with E-state index in [2.05, 4.69) is 148 Å². The predicted molar refractivity (Wildman–Crippen MR) is 271 cm³/mol. The summed E-state index contributed by atoms with van der Waals surface area (Å²) >= 11 is 0. The third kappa shape index (κ3) is 47.6. The first-order chi connectivity index (χ1) is 31.7. The number of ether oxygens (including phenoxy) is 2. The molecule has 0 aromatic heterocycles. The second-order valence-corrected chi connectivity index (χ2v) is 16.6. The fourth-order valence-corrected chi connectivity index (χ4v) is 6.29. The van der Waals surface area contributed by atoms with Gasteiger partial charge >= 0.3 is 19.8 Å². The van der Waals surface area contributed by atoms with E-state index in [0.29, 0.717) is 13.0 Å². The molecule has 11 heteroatoms. The Morgan fingerprint density at radius 2 is 0.846 bits per heavy atom. The average Bonchev–Trinajstić information content (AvgIpc) is 3.29. The minimum Gasteiger partial charge on any atom is -0.480 e. The zero-order valence-corrected chi connectivity index (χ0v) is 40.7. The third-order valence-electron chi connectivity index (χ3n) is 9.13. The normalized spacial score (nSPS) is 15.0. The van der Waals surface area contributed by atoms with Gasteiger partial charge in [0, 0.05) is 13.0 Å². The van der Waals surface area contributed by atoms with Gasteiger partial charge in [0.1, 0.15) is 12.1 Å². The van der Waals surface area contributed by atoms with Crippen LogP contribution < -0.4 is 5.73 Å². The second-order valence-electron chi connectivity index (χ2n) is 15.1. The highest BCUT2D eigenvalue weighted by Crippen LogP contribution is 2.43. The summed E-state index contributed by atoms with van der Waals surface area (Å²) in [5.74, 6) is -1.89. The Morgan fingerprint density at radius 1 is 0.492 bits per heavy atom. The highest BCUT2D eigenvalue weighted by atomic mass is 31.2. The number of aliphatic carboxylic acids is 1. The first-order valence-corrected chi connectivity index (χ1v) is 25.4. The monoisotopic (exact) mass is 922 g/mol. The van der Waals surface area contributed by atoms with Crippen LogP contribution in [-0.2, 0) is 32.7 Å². The highest BCUT2D eigenvalue weighted by molar-refractivity contribution is 7.47. The molecule has 10 nitrogen and oxygen atoms in total. The maximum absolute atomic E-state index is 12.6. The lowest BCUT2D eigenvalue weighted by atomic mass is 10.1. The van der Waals surface area contributed by atoms with E-state index in [9.17, 15) is 19.0 Å². The molecule has 0 radical (unpaired) electrons. The van der Waals surface area contributed by atoms with E-state index in [1.165, 1.54) is 0 Å². The van der Waals surface area contributed by atoms with Gasteiger partial charge < -0.3 is 25.2 Å². The van der Waals surface area contributed by atoms with Gasteiger partial charge in [-0.15, -0.1) is 0 Å². The molecule has 0 aliphatic carbocycles. The van der Waals surface area contributed by atoms with E-state index in [-0.39, 0.29) is 13.0 Å². The number of nitrogens with two attached hydrogens (primary N) is 1. The number of unbranched alkanes of at least 4 members (excludes halogenated alkanes) is 5. The number of carbonyl (C=O) groups excluding carboxylic acids is 1. The van der Waals surface area contributed by atoms with Gasteiger partial charge in [0.25, 0.3) is 0 Å². The first kappa shape index (κ1) is 60.9. The van der Waals surface area contributed by atoms with Gasteiger partial charge in [-0.3, -0.25) is 18.6 Å². The third-order valence-corrected chi connectivity index (χ3v) is 10.1. The van der Waals surface area contributed by atoms with Gasteiger partial charge in [0.05, 0.1) is 19.8 Å². The molecule has 3 atom stereocenters. The van der Waals surface area contributed by atoms with Crippen molar-refractivity contribution < 1.29 is 42.7 Å². The van der Waals surface area contributed by atoms with Crippen LogP contribution in [0.3, 0.4) is 0 Å². The van der Waals surface area contributed by atoms with E-state index in [1.54, 1.807) is 0 Å². The molecule has 65 heavy (non-hydrogen) atoms. The minimum absolute atomic E-state index is 0.0387. The van der Waals surface area contributed by atoms with Gasteiger partial charge in [-0.1, -0.05) is 179 Å². The Kier molecular flexibility index (Phi) is 44.7. The number of carbonyl (C=O) groups is 2. The quantitative estimate of drug-likeness (QED) is 0.0233. The average molecular weight is 922 g/mol. The molecule has 0 heterocycles. The second kappa shape index (κ2) is 47.8. The van der Waals surface area contributed by atoms with E-state index in [4.69, 9.17) is 29.4 Å². The van der Waals surface area contributed by atoms with Gasteiger partial charge in [-0.25, -0.2) is 4.57 Å². The Balaban J connectivity index is 4.39. The smallest absolute Gasteiger partial charge is 0.472 e. The van der Waals surface area contributed by atoms with Crippen molar-refractivity contribution in [2.24, 2.45) is 5.73 Å². The molecule has 0 amide bonds.